The Morgan fingerprint density at radius 2 is 2.00 bits per heavy atom. The number of aliphatic imine (C=N–C) groups is 1. The molecule has 1 N–H and O–H groups in total. The summed E-state index contributed by atoms with van der Waals surface area (Å²) in [6, 6.07) is 7.89. The van der Waals surface area contributed by atoms with Crippen molar-refractivity contribution in [1.29, 1.82) is 0 Å². The lowest BCUT2D eigenvalue weighted by molar-refractivity contribution is -0.140. The number of carbonyl (C=O) groups is 1. The van der Waals surface area contributed by atoms with Crippen molar-refractivity contribution in [2.45, 2.75) is 64.2 Å². The highest BCUT2D eigenvalue weighted by atomic mass is 19.4. The summed E-state index contributed by atoms with van der Waals surface area (Å²) in [6.07, 6.45) is 0.519. The highest BCUT2D eigenvalue weighted by Gasteiger charge is 2.45. The lowest BCUT2D eigenvalue weighted by atomic mass is 9.84. The van der Waals surface area contributed by atoms with Crippen LogP contribution in [0.1, 0.15) is 52.1 Å². The van der Waals surface area contributed by atoms with Gasteiger partial charge in [-0.1, -0.05) is 24.6 Å². The molecule has 9 heteroatoms. The highest BCUT2D eigenvalue weighted by Crippen LogP contribution is 2.35. The van der Waals surface area contributed by atoms with Crippen molar-refractivity contribution in [1.82, 2.24) is 9.99 Å². The number of hydrogen-bond acceptors (Lipinski definition) is 5. The summed E-state index contributed by atoms with van der Waals surface area (Å²) in [5.74, 6) is -0.527. The van der Waals surface area contributed by atoms with E-state index in [2.05, 4.69) is 20.4 Å². The van der Waals surface area contributed by atoms with Gasteiger partial charge in [-0.25, -0.2) is 9.98 Å². The molecule has 1 aliphatic heterocycles. The molecule has 4 rings (SSSR count). The van der Waals surface area contributed by atoms with E-state index >= 15 is 0 Å². The number of anilines is 1. The van der Waals surface area contributed by atoms with Crippen molar-refractivity contribution < 1.29 is 18.0 Å². The molecule has 2 aromatic rings. The number of pyridine rings is 1. The van der Waals surface area contributed by atoms with Crippen LogP contribution in [0.3, 0.4) is 0 Å². The number of rotatable bonds is 4. The second kappa shape index (κ2) is 9.00. The topological polar surface area (TPSA) is 70.0 Å². The van der Waals surface area contributed by atoms with Crippen LogP contribution in [0.5, 0.6) is 0 Å². The zero-order chi connectivity index (χ0) is 24.7. The maximum atomic E-state index is 13.4. The van der Waals surface area contributed by atoms with Gasteiger partial charge in [-0.2, -0.15) is 18.3 Å². The van der Waals surface area contributed by atoms with E-state index in [1.807, 2.05) is 27.8 Å². The minimum Gasteiger partial charge on any atom is -0.382 e. The van der Waals surface area contributed by atoms with E-state index in [1.54, 1.807) is 35.5 Å². The van der Waals surface area contributed by atoms with E-state index in [0.717, 1.165) is 31.0 Å². The van der Waals surface area contributed by atoms with E-state index in [1.165, 1.54) is 0 Å². The molecule has 3 atom stereocenters. The number of nitrogens with zero attached hydrogens (tertiary/aromatic N) is 4. The normalized spacial score (nSPS) is 25.1. The Labute approximate surface area is 197 Å². The van der Waals surface area contributed by atoms with E-state index in [0.29, 0.717) is 23.0 Å². The Morgan fingerprint density at radius 3 is 2.68 bits per heavy atom. The molecule has 182 valence electrons. The molecule has 2 heterocycles. The van der Waals surface area contributed by atoms with Crippen molar-refractivity contribution in [3.05, 3.63) is 36.0 Å². The van der Waals surface area contributed by atoms with Gasteiger partial charge in [0.2, 0.25) is 0 Å². The summed E-state index contributed by atoms with van der Waals surface area (Å²) in [5, 5.41) is 10.2. The second-order valence-electron chi connectivity index (χ2n) is 9.81. The molecule has 0 radical (unpaired) electrons. The van der Waals surface area contributed by atoms with Gasteiger partial charge in [-0.15, -0.1) is 0 Å². The second-order valence-corrected chi connectivity index (χ2v) is 9.81. The van der Waals surface area contributed by atoms with Crippen LogP contribution in [0, 0.1) is 11.8 Å². The summed E-state index contributed by atoms with van der Waals surface area (Å²) in [6.45, 7) is 5.79. The first-order valence-electron chi connectivity index (χ1n) is 11.6. The highest BCUT2D eigenvalue weighted by molar-refractivity contribution is 6.07. The summed E-state index contributed by atoms with van der Waals surface area (Å²) < 4.78 is 40.2. The molecular weight excluding hydrogens is 443 g/mol. The first-order valence-corrected chi connectivity index (χ1v) is 11.6. The number of hydrazone groups is 1. The zero-order valence-electron chi connectivity index (χ0n) is 19.9. The van der Waals surface area contributed by atoms with Gasteiger partial charge >= 0.3 is 6.18 Å². The van der Waals surface area contributed by atoms with E-state index < -0.39 is 23.3 Å². The number of carbonyl (C=O) groups excluding carboxylic acids is 1. The number of hydrogen-bond donors (Lipinski definition) is 1. The third kappa shape index (κ3) is 4.79. The Bertz CT molecular complexity index is 1140. The molecule has 1 aromatic heterocycles. The van der Waals surface area contributed by atoms with Crippen LogP contribution in [0.2, 0.25) is 0 Å². The van der Waals surface area contributed by atoms with Crippen molar-refractivity contribution in [2.75, 3.05) is 12.4 Å². The van der Waals surface area contributed by atoms with Crippen LogP contribution in [0.25, 0.3) is 10.9 Å². The first kappa shape index (κ1) is 24.2. The third-order valence-electron chi connectivity index (χ3n) is 7.01. The Morgan fingerprint density at radius 1 is 1.26 bits per heavy atom. The fourth-order valence-electron chi connectivity index (χ4n) is 5.01. The largest absolute Gasteiger partial charge is 0.433 e. The zero-order valence-corrected chi connectivity index (χ0v) is 19.9. The lowest BCUT2D eigenvalue weighted by Crippen LogP contribution is -2.44. The first-order chi connectivity index (χ1) is 16.0. The van der Waals surface area contributed by atoms with Crippen molar-refractivity contribution in [3.8, 4) is 0 Å². The van der Waals surface area contributed by atoms with E-state index in [4.69, 9.17) is 0 Å². The van der Waals surface area contributed by atoms with Crippen LogP contribution in [-0.4, -0.2) is 46.5 Å². The quantitative estimate of drug-likeness (QED) is 0.592. The fraction of sp³-hybridized carbons (Fsp3) is 0.520. The van der Waals surface area contributed by atoms with Gasteiger partial charge in [0, 0.05) is 36.1 Å². The predicted octanol–water partition coefficient (Wildman–Crippen LogP) is 5.54. The lowest BCUT2D eigenvalue weighted by Gasteiger charge is -2.31. The van der Waals surface area contributed by atoms with E-state index in [-0.39, 0.29) is 17.9 Å². The number of fused-ring (bicyclic) bond motifs is 1. The Hall–Kier alpha value is -2.97. The maximum absolute atomic E-state index is 13.4. The molecule has 1 saturated carbocycles. The van der Waals surface area contributed by atoms with Crippen LogP contribution >= 0.6 is 0 Å². The van der Waals surface area contributed by atoms with Gasteiger partial charge in [-0.3, -0.25) is 9.80 Å². The van der Waals surface area contributed by atoms with Crippen molar-refractivity contribution in [3.63, 3.8) is 0 Å². The standard InChI is InChI=1S/C25H30F3N5O/c1-15-22(24(2,3)33(4)32-15)23(34)29-14-16-8-7-9-17(12-16)30-20-13-21(25(26,27)28)31-19-11-6-5-10-18(19)20/h5-6,10-11,13-14,16-17,22H,7-9,12H2,1-4H3,(H,30,31)/t16?,17-,22?/m0/s1. The molecular formula is C25H30F3N5O. The fourth-order valence-corrected chi connectivity index (χ4v) is 5.01. The van der Waals surface area contributed by atoms with Crippen LogP contribution in [0.15, 0.2) is 40.4 Å². The molecule has 0 bridgehead atoms. The van der Waals surface area contributed by atoms with Crippen LogP contribution in [-0.2, 0) is 11.0 Å². The summed E-state index contributed by atoms with van der Waals surface area (Å²) >= 11 is 0. The Kier molecular flexibility index (Phi) is 6.40. The van der Waals surface area contributed by atoms with Crippen LogP contribution in [0.4, 0.5) is 18.9 Å². The molecule has 2 aliphatic rings. The van der Waals surface area contributed by atoms with Gasteiger partial charge in [0.05, 0.1) is 11.1 Å². The molecule has 1 amide bonds. The summed E-state index contributed by atoms with van der Waals surface area (Å²) in [7, 11) is 1.85. The molecule has 34 heavy (non-hydrogen) atoms. The molecule has 2 unspecified atom stereocenters. The number of benzene rings is 1. The smallest absolute Gasteiger partial charge is 0.382 e. The molecule has 1 aromatic carbocycles. The average Bonchev–Trinajstić information content (AvgIpc) is 2.98. The van der Waals surface area contributed by atoms with Gasteiger partial charge in [0.25, 0.3) is 5.91 Å². The summed E-state index contributed by atoms with van der Waals surface area (Å²) in [4.78, 5) is 21.0. The Balaban J connectivity index is 1.49. The van der Waals surface area contributed by atoms with Gasteiger partial charge in [-0.05, 0) is 58.1 Å². The number of para-hydroxylation sites is 1. The van der Waals surface area contributed by atoms with Crippen LogP contribution < -0.4 is 5.32 Å². The number of nitrogens with one attached hydrogen (secondary N) is 1. The van der Waals surface area contributed by atoms with Crippen molar-refractivity contribution in [2.24, 2.45) is 21.9 Å². The number of amides is 1. The monoisotopic (exact) mass is 473 g/mol. The molecule has 1 aliphatic carbocycles. The number of halogens is 3. The SMILES string of the molecule is CC1=NN(C)C(C)(C)C1C(=O)N=CC1CCC[C@H](Nc2cc(C(F)(F)F)nc3ccccc23)C1. The maximum Gasteiger partial charge on any atom is 0.433 e. The van der Waals surface area contributed by atoms with Crippen molar-refractivity contribution >= 4 is 34.4 Å². The molecule has 6 nitrogen and oxygen atoms in total. The minimum atomic E-state index is -4.52. The molecule has 1 fully saturated rings. The summed E-state index contributed by atoms with van der Waals surface area (Å²) in [5.41, 5.74) is 0.144. The average molecular weight is 474 g/mol. The van der Waals surface area contributed by atoms with E-state index in [9.17, 15) is 18.0 Å². The third-order valence-corrected chi connectivity index (χ3v) is 7.01. The van der Waals surface area contributed by atoms with Gasteiger partial charge in [0.1, 0.15) is 11.6 Å². The predicted molar refractivity (Wildman–Crippen MR) is 128 cm³/mol. The molecule has 0 saturated heterocycles. The molecule has 0 spiro atoms. The number of alkyl halides is 3. The van der Waals surface area contributed by atoms with Gasteiger partial charge in [0.15, 0.2) is 0 Å². The minimum absolute atomic E-state index is 0.0236. The van der Waals surface area contributed by atoms with Gasteiger partial charge < -0.3 is 5.32 Å². The number of aromatic nitrogens is 1.